The molecule has 1 aromatic carbocycles. The van der Waals surface area contributed by atoms with Crippen LogP contribution in [0.1, 0.15) is 0 Å². The predicted molar refractivity (Wildman–Crippen MR) is 75.1 cm³/mol. The van der Waals surface area contributed by atoms with Gasteiger partial charge in [-0.1, -0.05) is 12.1 Å². The molecule has 0 atom stereocenters. The molecule has 0 spiro atoms. The third-order valence-corrected chi connectivity index (χ3v) is 2.72. The van der Waals surface area contributed by atoms with Gasteiger partial charge in [0.1, 0.15) is 5.82 Å². The molecule has 0 bridgehead atoms. The van der Waals surface area contributed by atoms with Gasteiger partial charge in [0.05, 0.1) is 18.6 Å². The summed E-state index contributed by atoms with van der Waals surface area (Å²) >= 11 is 5.86. The first-order valence-corrected chi connectivity index (χ1v) is 6.09. The zero-order valence-corrected chi connectivity index (χ0v) is 11.2. The number of hydrogen-bond donors (Lipinski definition) is 2. The van der Waals surface area contributed by atoms with Crippen LogP contribution in [0.15, 0.2) is 24.3 Å². The Morgan fingerprint density at radius 3 is 2.30 bits per heavy atom. The SMILES string of the molecule is NC(=O)CN(CC(N)=O)c1nc(Cl)nc2ccccc12. The van der Waals surface area contributed by atoms with E-state index in [0.29, 0.717) is 16.7 Å². The van der Waals surface area contributed by atoms with Crippen molar-refractivity contribution in [3.8, 4) is 0 Å². The van der Waals surface area contributed by atoms with E-state index in [1.807, 2.05) is 0 Å². The highest BCUT2D eigenvalue weighted by molar-refractivity contribution is 6.28. The third-order valence-electron chi connectivity index (χ3n) is 2.55. The fourth-order valence-electron chi connectivity index (χ4n) is 1.86. The number of benzene rings is 1. The van der Waals surface area contributed by atoms with E-state index >= 15 is 0 Å². The van der Waals surface area contributed by atoms with E-state index in [-0.39, 0.29) is 18.4 Å². The fourth-order valence-corrected chi connectivity index (χ4v) is 2.03. The highest BCUT2D eigenvalue weighted by Gasteiger charge is 2.17. The zero-order chi connectivity index (χ0) is 14.7. The Morgan fingerprint density at radius 1 is 1.10 bits per heavy atom. The van der Waals surface area contributed by atoms with E-state index in [1.165, 1.54) is 4.90 Å². The monoisotopic (exact) mass is 293 g/mol. The zero-order valence-electron chi connectivity index (χ0n) is 10.4. The van der Waals surface area contributed by atoms with Gasteiger partial charge in [0, 0.05) is 5.39 Å². The molecule has 0 saturated carbocycles. The van der Waals surface area contributed by atoms with Gasteiger partial charge in [0.15, 0.2) is 0 Å². The van der Waals surface area contributed by atoms with Gasteiger partial charge in [-0.05, 0) is 23.7 Å². The predicted octanol–water partition coefficient (Wildman–Crippen LogP) is 0.0602. The molecule has 1 heterocycles. The van der Waals surface area contributed by atoms with Crippen molar-refractivity contribution in [1.29, 1.82) is 0 Å². The standard InChI is InChI=1S/C12H12ClN5O2/c13-12-16-8-4-2-1-3-7(8)11(17-12)18(5-9(14)19)6-10(15)20/h1-4H,5-6H2,(H2,14,19)(H2,15,20). The molecule has 2 amide bonds. The number of primary amides is 2. The molecule has 4 N–H and O–H groups in total. The molecule has 0 fully saturated rings. The second-order valence-electron chi connectivity index (χ2n) is 4.12. The Bertz CT molecular complexity index is 660. The Labute approximate surface area is 119 Å². The van der Waals surface area contributed by atoms with Crippen LogP contribution >= 0.6 is 11.6 Å². The molecule has 7 nitrogen and oxygen atoms in total. The molecule has 2 aromatic rings. The summed E-state index contributed by atoms with van der Waals surface area (Å²) < 4.78 is 0. The first kappa shape index (κ1) is 14.0. The summed E-state index contributed by atoms with van der Waals surface area (Å²) in [6, 6.07) is 7.09. The summed E-state index contributed by atoms with van der Waals surface area (Å²) in [6.07, 6.45) is 0. The minimum atomic E-state index is -0.606. The van der Waals surface area contributed by atoms with E-state index in [0.717, 1.165) is 0 Å². The molecule has 8 heteroatoms. The van der Waals surface area contributed by atoms with Crippen molar-refractivity contribution in [3.63, 3.8) is 0 Å². The molecule has 0 saturated heterocycles. The molecular formula is C12H12ClN5O2. The third kappa shape index (κ3) is 3.12. The van der Waals surface area contributed by atoms with Crippen LogP contribution in [0.25, 0.3) is 10.9 Å². The van der Waals surface area contributed by atoms with Crippen molar-refractivity contribution >= 4 is 40.1 Å². The molecule has 0 aliphatic carbocycles. The quantitative estimate of drug-likeness (QED) is 0.756. The Morgan fingerprint density at radius 2 is 1.70 bits per heavy atom. The van der Waals surface area contributed by atoms with Gasteiger partial charge < -0.3 is 16.4 Å². The van der Waals surface area contributed by atoms with Gasteiger partial charge in [0.25, 0.3) is 0 Å². The number of anilines is 1. The van der Waals surface area contributed by atoms with Crippen molar-refractivity contribution < 1.29 is 9.59 Å². The van der Waals surface area contributed by atoms with E-state index in [1.54, 1.807) is 24.3 Å². The number of carbonyl (C=O) groups excluding carboxylic acids is 2. The smallest absolute Gasteiger partial charge is 0.237 e. The van der Waals surface area contributed by atoms with Crippen LogP contribution in [0.4, 0.5) is 5.82 Å². The van der Waals surface area contributed by atoms with Gasteiger partial charge in [-0.25, -0.2) is 4.98 Å². The van der Waals surface area contributed by atoms with E-state index in [9.17, 15) is 9.59 Å². The number of aromatic nitrogens is 2. The molecule has 0 radical (unpaired) electrons. The second kappa shape index (κ2) is 5.70. The number of amides is 2. The number of hydrogen-bond acceptors (Lipinski definition) is 5. The maximum Gasteiger partial charge on any atom is 0.237 e. The minimum absolute atomic E-state index is 0.0117. The lowest BCUT2D eigenvalue weighted by Gasteiger charge is -2.21. The number of carbonyl (C=O) groups is 2. The number of fused-ring (bicyclic) bond motifs is 1. The average Bonchev–Trinajstić information content (AvgIpc) is 2.35. The molecule has 1 aromatic heterocycles. The van der Waals surface area contributed by atoms with E-state index in [2.05, 4.69) is 9.97 Å². The van der Waals surface area contributed by atoms with Gasteiger partial charge in [0.2, 0.25) is 17.1 Å². The van der Waals surface area contributed by atoms with Crippen molar-refractivity contribution in [1.82, 2.24) is 9.97 Å². The van der Waals surface area contributed by atoms with Crippen LogP contribution in [-0.4, -0.2) is 34.9 Å². The highest BCUT2D eigenvalue weighted by atomic mass is 35.5. The largest absolute Gasteiger partial charge is 0.368 e. The van der Waals surface area contributed by atoms with Crippen LogP contribution in [-0.2, 0) is 9.59 Å². The van der Waals surface area contributed by atoms with Crippen molar-refractivity contribution in [3.05, 3.63) is 29.5 Å². The lowest BCUT2D eigenvalue weighted by atomic mass is 10.2. The summed E-state index contributed by atoms with van der Waals surface area (Å²) in [6.45, 7) is -0.388. The molecule has 20 heavy (non-hydrogen) atoms. The lowest BCUT2D eigenvalue weighted by Crippen LogP contribution is -2.40. The Hall–Kier alpha value is -2.41. The van der Waals surface area contributed by atoms with Gasteiger partial charge >= 0.3 is 0 Å². The minimum Gasteiger partial charge on any atom is -0.368 e. The van der Waals surface area contributed by atoms with E-state index in [4.69, 9.17) is 23.1 Å². The van der Waals surface area contributed by atoms with Crippen LogP contribution < -0.4 is 16.4 Å². The molecule has 104 valence electrons. The number of para-hydroxylation sites is 1. The topological polar surface area (TPSA) is 115 Å². The summed E-state index contributed by atoms with van der Waals surface area (Å²) in [5, 5.41) is 0.664. The molecular weight excluding hydrogens is 282 g/mol. The maximum atomic E-state index is 11.1. The van der Waals surface area contributed by atoms with Gasteiger partial charge in [-0.3, -0.25) is 9.59 Å². The molecule has 0 unspecified atom stereocenters. The molecule has 2 rings (SSSR count). The van der Waals surface area contributed by atoms with Crippen molar-refractivity contribution in [2.24, 2.45) is 11.5 Å². The van der Waals surface area contributed by atoms with Crippen LogP contribution in [0.5, 0.6) is 0 Å². The Kier molecular flexibility index (Phi) is 3.99. The van der Waals surface area contributed by atoms with Crippen LogP contribution in [0, 0.1) is 0 Å². The summed E-state index contributed by atoms with van der Waals surface area (Å²) in [5.74, 6) is -0.867. The van der Waals surface area contributed by atoms with Crippen LogP contribution in [0.2, 0.25) is 5.28 Å². The maximum absolute atomic E-state index is 11.1. The fraction of sp³-hybridized carbons (Fsp3) is 0.167. The summed E-state index contributed by atoms with van der Waals surface area (Å²) in [5.41, 5.74) is 11.0. The first-order valence-electron chi connectivity index (χ1n) is 5.71. The summed E-state index contributed by atoms with van der Waals surface area (Å²) in [4.78, 5) is 31.8. The molecule has 0 aliphatic rings. The van der Waals surface area contributed by atoms with Crippen LogP contribution in [0.3, 0.4) is 0 Å². The first-order chi connectivity index (χ1) is 9.47. The molecule has 0 aliphatic heterocycles. The van der Waals surface area contributed by atoms with Crippen molar-refractivity contribution in [2.75, 3.05) is 18.0 Å². The average molecular weight is 294 g/mol. The lowest BCUT2D eigenvalue weighted by molar-refractivity contribution is -0.117. The second-order valence-corrected chi connectivity index (χ2v) is 4.46. The Balaban J connectivity index is 2.56. The number of rotatable bonds is 5. The van der Waals surface area contributed by atoms with Crippen molar-refractivity contribution in [2.45, 2.75) is 0 Å². The number of nitrogens with two attached hydrogens (primary N) is 2. The van der Waals surface area contributed by atoms with Gasteiger partial charge in [-0.2, -0.15) is 4.98 Å². The highest BCUT2D eigenvalue weighted by Crippen LogP contribution is 2.24. The normalized spacial score (nSPS) is 10.4. The van der Waals surface area contributed by atoms with Gasteiger partial charge in [-0.15, -0.1) is 0 Å². The summed E-state index contributed by atoms with van der Waals surface area (Å²) in [7, 11) is 0. The van der Waals surface area contributed by atoms with E-state index < -0.39 is 11.8 Å². The number of nitrogens with zero attached hydrogens (tertiary/aromatic N) is 3. The number of halogens is 1.